The van der Waals surface area contributed by atoms with Gasteiger partial charge < -0.3 is 30.7 Å². The number of hydrogen-bond donors (Lipinski definition) is 3. The van der Waals surface area contributed by atoms with Crippen LogP contribution in [0.25, 0.3) is 0 Å². The molecule has 192 valence electrons. The molecule has 0 spiro atoms. The van der Waals surface area contributed by atoms with Crippen LogP contribution < -0.4 is 16.4 Å². The zero-order chi connectivity index (χ0) is 25.9. The Morgan fingerprint density at radius 3 is 2.66 bits per heavy atom. The molecule has 2 unspecified atom stereocenters. The highest BCUT2D eigenvalue weighted by Crippen LogP contribution is 2.27. The lowest BCUT2D eigenvalue weighted by Gasteiger charge is -2.35. The third kappa shape index (κ3) is 6.24. The standard InChI is InChI=1S/C24H33ClN4O6/c1-5-34-23-16(12-18(30)35-23)27-21(32)17-7-6-10-29(17)22(33)19(24(2,3)4)28-20(31)13-8-9-15(26)14(25)11-13/h8-9,11,16-17,19,23H,5-7,10,12,26H2,1-4H3,(H,27,32)(H,28,31)/t16-,17?,19?,23+/m0/s1. The molecule has 2 fully saturated rings. The van der Waals surface area contributed by atoms with Gasteiger partial charge in [0.2, 0.25) is 18.1 Å². The van der Waals surface area contributed by atoms with Crippen LogP contribution >= 0.6 is 11.6 Å². The molecule has 2 aliphatic rings. The zero-order valence-corrected chi connectivity index (χ0v) is 21.2. The van der Waals surface area contributed by atoms with Crippen molar-refractivity contribution in [3.63, 3.8) is 0 Å². The fraction of sp³-hybridized carbons (Fsp3) is 0.583. The maximum absolute atomic E-state index is 13.6. The van der Waals surface area contributed by atoms with Gasteiger partial charge in [-0.2, -0.15) is 0 Å². The molecular weight excluding hydrogens is 476 g/mol. The van der Waals surface area contributed by atoms with Crippen molar-refractivity contribution in [1.82, 2.24) is 15.5 Å². The minimum atomic E-state index is -0.896. The molecular formula is C24H33ClN4O6. The first kappa shape index (κ1) is 26.7. The second-order valence-corrected chi connectivity index (χ2v) is 10.2. The number of carbonyl (C=O) groups excluding carboxylic acids is 4. The number of anilines is 1. The molecule has 2 aliphatic heterocycles. The van der Waals surface area contributed by atoms with Gasteiger partial charge in [0.25, 0.3) is 5.91 Å². The van der Waals surface area contributed by atoms with Gasteiger partial charge in [-0.15, -0.1) is 0 Å². The first-order valence-corrected chi connectivity index (χ1v) is 12.1. The average molecular weight is 509 g/mol. The van der Waals surface area contributed by atoms with Crippen molar-refractivity contribution in [3.05, 3.63) is 28.8 Å². The molecule has 0 radical (unpaired) electrons. The zero-order valence-electron chi connectivity index (χ0n) is 20.4. The van der Waals surface area contributed by atoms with Crippen LogP contribution in [0.15, 0.2) is 18.2 Å². The number of hydrogen-bond acceptors (Lipinski definition) is 7. The maximum atomic E-state index is 13.6. The van der Waals surface area contributed by atoms with Crippen LogP contribution in [-0.2, 0) is 23.9 Å². The number of nitrogens with one attached hydrogen (secondary N) is 2. The number of halogens is 1. The Hall–Kier alpha value is -2.85. The molecule has 0 aliphatic carbocycles. The van der Waals surface area contributed by atoms with Crippen LogP contribution in [0.1, 0.15) is 57.3 Å². The Morgan fingerprint density at radius 2 is 2.03 bits per heavy atom. The smallest absolute Gasteiger partial charge is 0.310 e. The van der Waals surface area contributed by atoms with E-state index in [4.69, 9.17) is 26.8 Å². The number of amides is 3. The van der Waals surface area contributed by atoms with E-state index in [0.29, 0.717) is 31.7 Å². The second-order valence-electron chi connectivity index (χ2n) is 9.83. The number of cyclic esters (lactones) is 1. The van der Waals surface area contributed by atoms with E-state index < -0.39 is 41.7 Å². The first-order valence-electron chi connectivity index (χ1n) is 11.7. The fourth-order valence-electron chi connectivity index (χ4n) is 4.25. The number of benzene rings is 1. The molecule has 3 amide bonds. The van der Waals surface area contributed by atoms with Crippen molar-refractivity contribution in [1.29, 1.82) is 0 Å². The molecule has 0 bridgehead atoms. The summed E-state index contributed by atoms with van der Waals surface area (Å²) < 4.78 is 10.5. The van der Waals surface area contributed by atoms with Gasteiger partial charge in [0.05, 0.1) is 17.1 Å². The Kier molecular flexibility index (Phi) is 8.27. The predicted molar refractivity (Wildman–Crippen MR) is 129 cm³/mol. The van der Waals surface area contributed by atoms with E-state index >= 15 is 0 Å². The largest absolute Gasteiger partial charge is 0.433 e. The van der Waals surface area contributed by atoms with Crippen molar-refractivity contribution in [2.45, 2.75) is 71.4 Å². The second kappa shape index (κ2) is 10.8. The normalized spacial score (nSPS) is 23.1. The molecule has 1 aromatic carbocycles. The maximum Gasteiger partial charge on any atom is 0.310 e. The quantitative estimate of drug-likeness (QED) is 0.377. The van der Waals surface area contributed by atoms with Gasteiger partial charge >= 0.3 is 5.97 Å². The lowest BCUT2D eigenvalue weighted by Crippen LogP contribution is -2.58. The summed E-state index contributed by atoms with van der Waals surface area (Å²) in [5.74, 6) is -1.66. The van der Waals surface area contributed by atoms with E-state index in [0.717, 1.165) is 0 Å². The highest BCUT2D eigenvalue weighted by atomic mass is 35.5. The van der Waals surface area contributed by atoms with Crippen molar-refractivity contribution in [2.75, 3.05) is 18.9 Å². The van der Waals surface area contributed by atoms with Gasteiger partial charge in [-0.05, 0) is 43.4 Å². The van der Waals surface area contributed by atoms with E-state index in [9.17, 15) is 19.2 Å². The Balaban J connectivity index is 1.74. The topological polar surface area (TPSA) is 140 Å². The summed E-state index contributed by atoms with van der Waals surface area (Å²) in [7, 11) is 0. The van der Waals surface area contributed by atoms with Gasteiger partial charge in [0.15, 0.2) is 0 Å². The van der Waals surface area contributed by atoms with E-state index in [2.05, 4.69) is 10.6 Å². The summed E-state index contributed by atoms with van der Waals surface area (Å²) in [4.78, 5) is 52.9. The number of nitrogen functional groups attached to an aromatic ring is 1. The molecule has 3 rings (SSSR count). The van der Waals surface area contributed by atoms with Gasteiger partial charge in [0, 0.05) is 18.7 Å². The first-order chi connectivity index (χ1) is 16.4. The number of carbonyl (C=O) groups is 4. The van der Waals surface area contributed by atoms with Gasteiger partial charge in [-0.3, -0.25) is 19.2 Å². The molecule has 1 aromatic rings. The van der Waals surface area contributed by atoms with E-state index in [1.807, 2.05) is 20.8 Å². The molecule has 0 saturated carbocycles. The Labute approximate surface area is 209 Å². The minimum absolute atomic E-state index is 0.00188. The number of esters is 1. The summed E-state index contributed by atoms with van der Waals surface area (Å²) in [6.07, 6.45) is 0.255. The van der Waals surface area contributed by atoms with Crippen LogP contribution in [0, 0.1) is 5.41 Å². The number of likely N-dealkylation sites (tertiary alicyclic amines) is 1. The molecule has 0 aromatic heterocycles. The van der Waals surface area contributed by atoms with Crippen LogP contribution in [0.3, 0.4) is 0 Å². The van der Waals surface area contributed by atoms with E-state index in [1.54, 1.807) is 6.92 Å². The van der Waals surface area contributed by atoms with Crippen LogP contribution in [0.4, 0.5) is 5.69 Å². The highest BCUT2D eigenvalue weighted by molar-refractivity contribution is 6.33. The van der Waals surface area contributed by atoms with E-state index in [-0.39, 0.29) is 28.8 Å². The van der Waals surface area contributed by atoms with Crippen LogP contribution in [-0.4, -0.2) is 66.2 Å². The summed E-state index contributed by atoms with van der Waals surface area (Å²) in [6.45, 7) is 7.98. The monoisotopic (exact) mass is 508 g/mol. The molecule has 2 heterocycles. The highest BCUT2D eigenvalue weighted by Gasteiger charge is 2.44. The van der Waals surface area contributed by atoms with Crippen LogP contribution in [0.5, 0.6) is 0 Å². The molecule has 11 heteroatoms. The van der Waals surface area contributed by atoms with Gasteiger partial charge in [-0.25, -0.2) is 0 Å². The number of ether oxygens (including phenoxy) is 2. The van der Waals surface area contributed by atoms with E-state index in [1.165, 1.54) is 23.1 Å². The summed E-state index contributed by atoms with van der Waals surface area (Å²) in [5.41, 5.74) is 5.71. The van der Waals surface area contributed by atoms with Crippen molar-refractivity contribution < 1.29 is 28.7 Å². The van der Waals surface area contributed by atoms with Crippen molar-refractivity contribution >= 4 is 41.0 Å². The van der Waals surface area contributed by atoms with Crippen molar-refractivity contribution in [3.8, 4) is 0 Å². The number of rotatable bonds is 7. The molecule has 10 nitrogen and oxygen atoms in total. The third-order valence-corrected chi connectivity index (χ3v) is 6.44. The SMILES string of the molecule is CCO[C@@H]1OC(=O)C[C@@H]1NC(=O)C1CCCN1C(=O)C(NC(=O)c1ccc(N)c(Cl)c1)C(C)(C)C. The molecule has 4 atom stereocenters. The molecule has 35 heavy (non-hydrogen) atoms. The van der Waals surface area contributed by atoms with Crippen LogP contribution in [0.2, 0.25) is 5.02 Å². The third-order valence-electron chi connectivity index (χ3n) is 6.11. The van der Waals surface area contributed by atoms with Crippen molar-refractivity contribution in [2.24, 2.45) is 5.41 Å². The number of nitrogens with two attached hydrogens (primary N) is 1. The Bertz CT molecular complexity index is 995. The summed E-state index contributed by atoms with van der Waals surface area (Å²) in [6, 6.07) is 2.26. The van der Waals surface area contributed by atoms with Gasteiger partial charge in [0.1, 0.15) is 18.1 Å². The average Bonchev–Trinajstić information content (AvgIpc) is 3.39. The summed E-state index contributed by atoms with van der Waals surface area (Å²) in [5, 5.41) is 5.86. The fourth-order valence-corrected chi connectivity index (χ4v) is 4.43. The Morgan fingerprint density at radius 1 is 1.31 bits per heavy atom. The minimum Gasteiger partial charge on any atom is -0.433 e. The number of nitrogens with zero attached hydrogens (tertiary/aromatic N) is 1. The lowest BCUT2D eigenvalue weighted by molar-refractivity contribution is -0.164. The predicted octanol–water partition coefficient (Wildman–Crippen LogP) is 1.85. The molecule has 2 saturated heterocycles. The van der Waals surface area contributed by atoms with Gasteiger partial charge in [-0.1, -0.05) is 32.4 Å². The summed E-state index contributed by atoms with van der Waals surface area (Å²) >= 11 is 6.05. The lowest BCUT2D eigenvalue weighted by atomic mass is 9.85. The molecule has 4 N–H and O–H groups in total.